The quantitative estimate of drug-likeness (QED) is 0.543. The van der Waals surface area contributed by atoms with E-state index in [0.717, 1.165) is 5.56 Å². The van der Waals surface area contributed by atoms with E-state index >= 15 is 0 Å². The van der Waals surface area contributed by atoms with Crippen LogP contribution in [-0.4, -0.2) is 18.1 Å². The molecule has 0 aliphatic heterocycles. The smallest absolute Gasteiger partial charge is 0.374 e. The standard InChI is InChI=1S/C20H22BrF3N2O/c1-12(2)9-18(20(22,23)24)25-14-5-4-6-15(11-14)26-19(27)16-10-13(3)7-8-17(16)21/h4-8,10-12,18,25H,9H2,1-3H3,(H,26,27). The second-order valence-corrected chi connectivity index (χ2v) is 7.74. The second kappa shape index (κ2) is 8.78. The van der Waals surface area contributed by atoms with Crippen LogP contribution in [0.1, 0.15) is 36.2 Å². The monoisotopic (exact) mass is 442 g/mol. The van der Waals surface area contributed by atoms with Crippen LogP contribution in [0.25, 0.3) is 0 Å². The highest BCUT2D eigenvalue weighted by atomic mass is 79.9. The van der Waals surface area contributed by atoms with Gasteiger partial charge >= 0.3 is 6.18 Å². The predicted molar refractivity (Wildman–Crippen MR) is 106 cm³/mol. The van der Waals surface area contributed by atoms with Gasteiger partial charge in [0.2, 0.25) is 0 Å². The summed E-state index contributed by atoms with van der Waals surface area (Å²) in [6.45, 7) is 5.37. The van der Waals surface area contributed by atoms with E-state index in [0.29, 0.717) is 21.4 Å². The zero-order valence-electron chi connectivity index (χ0n) is 15.3. The molecule has 2 aromatic rings. The van der Waals surface area contributed by atoms with Crippen LogP contribution in [0, 0.1) is 12.8 Å². The summed E-state index contributed by atoms with van der Waals surface area (Å²) in [5.74, 6) is -0.442. The number of amides is 1. The fraction of sp³-hybridized carbons (Fsp3) is 0.350. The Balaban J connectivity index is 2.17. The van der Waals surface area contributed by atoms with Gasteiger partial charge in [-0.25, -0.2) is 0 Å². The SMILES string of the molecule is Cc1ccc(Br)c(C(=O)Nc2cccc(NC(CC(C)C)C(F)(F)F)c2)c1. The number of halogens is 4. The number of benzene rings is 2. The number of hydrogen-bond acceptors (Lipinski definition) is 2. The van der Waals surface area contributed by atoms with Crippen LogP contribution < -0.4 is 10.6 Å². The number of hydrogen-bond donors (Lipinski definition) is 2. The van der Waals surface area contributed by atoms with Crippen molar-refractivity contribution in [3.8, 4) is 0 Å². The van der Waals surface area contributed by atoms with Gasteiger partial charge in [-0.15, -0.1) is 0 Å². The summed E-state index contributed by atoms with van der Waals surface area (Å²) in [4.78, 5) is 12.5. The number of alkyl halides is 3. The highest BCUT2D eigenvalue weighted by molar-refractivity contribution is 9.10. The fourth-order valence-corrected chi connectivity index (χ4v) is 3.07. The highest BCUT2D eigenvalue weighted by Crippen LogP contribution is 2.29. The van der Waals surface area contributed by atoms with Gasteiger partial charge in [0, 0.05) is 15.8 Å². The van der Waals surface area contributed by atoms with Gasteiger partial charge in [0.05, 0.1) is 5.56 Å². The molecule has 3 nitrogen and oxygen atoms in total. The van der Waals surface area contributed by atoms with Gasteiger partial charge in [0.1, 0.15) is 6.04 Å². The molecule has 0 aliphatic carbocycles. The molecule has 7 heteroatoms. The lowest BCUT2D eigenvalue weighted by atomic mass is 10.0. The minimum atomic E-state index is -4.35. The van der Waals surface area contributed by atoms with Crippen LogP contribution in [0.15, 0.2) is 46.9 Å². The van der Waals surface area contributed by atoms with E-state index in [1.165, 1.54) is 6.07 Å². The van der Waals surface area contributed by atoms with Crippen molar-refractivity contribution in [1.82, 2.24) is 0 Å². The van der Waals surface area contributed by atoms with Crippen molar-refractivity contribution in [3.63, 3.8) is 0 Å². The molecule has 0 aliphatic rings. The Hall–Kier alpha value is -2.02. The number of nitrogens with one attached hydrogen (secondary N) is 2. The van der Waals surface area contributed by atoms with Crippen molar-refractivity contribution in [1.29, 1.82) is 0 Å². The van der Waals surface area contributed by atoms with Gasteiger partial charge < -0.3 is 10.6 Å². The highest BCUT2D eigenvalue weighted by Gasteiger charge is 2.39. The molecule has 1 unspecified atom stereocenters. The van der Waals surface area contributed by atoms with Crippen LogP contribution >= 0.6 is 15.9 Å². The Morgan fingerprint density at radius 3 is 2.41 bits per heavy atom. The molecule has 0 saturated heterocycles. The summed E-state index contributed by atoms with van der Waals surface area (Å²) in [5, 5.41) is 5.27. The van der Waals surface area contributed by atoms with Crippen molar-refractivity contribution < 1.29 is 18.0 Å². The Kier molecular flexibility index (Phi) is 6.92. The second-order valence-electron chi connectivity index (χ2n) is 6.89. The molecule has 1 amide bonds. The summed E-state index contributed by atoms with van der Waals surface area (Å²) in [7, 11) is 0. The van der Waals surface area contributed by atoms with Crippen LogP contribution in [0.4, 0.5) is 24.5 Å². The molecule has 2 rings (SSSR count). The lowest BCUT2D eigenvalue weighted by Crippen LogP contribution is -2.37. The maximum absolute atomic E-state index is 13.2. The van der Waals surface area contributed by atoms with E-state index in [1.54, 1.807) is 44.2 Å². The molecule has 0 saturated carbocycles. The molecular weight excluding hydrogens is 421 g/mol. The van der Waals surface area contributed by atoms with Crippen LogP contribution in [0.2, 0.25) is 0 Å². The minimum Gasteiger partial charge on any atom is -0.374 e. The number of carbonyl (C=O) groups excluding carboxylic acids is 1. The molecule has 146 valence electrons. The largest absolute Gasteiger partial charge is 0.408 e. The average Bonchev–Trinajstić information content (AvgIpc) is 2.55. The van der Waals surface area contributed by atoms with E-state index < -0.39 is 12.2 Å². The van der Waals surface area contributed by atoms with Gasteiger partial charge in [-0.1, -0.05) is 31.5 Å². The van der Waals surface area contributed by atoms with E-state index in [1.807, 2.05) is 13.0 Å². The van der Waals surface area contributed by atoms with Crippen molar-refractivity contribution in [2.75, 3.05) is 10.6 Å². The normalized spacial score (nSPS) is 12.7. The lowest BCUT2D eigenvalue weighted by molar-refractivity contribution is -0.145. The molecule has 27 heavy (non-hydrogen) atoms. The van der Waals surface area contributed by atoms with Crippen LogP contribution in [-0.2, 0) is 0 Å². The molecule has 0 bridgehead atoms. The number of rotatable bonds is 6. The first kappa shape index (κ1) is 21.3. The Bertz CT molecular complexity index is 806. The third-order valence-electron chi connectivity index (χ3n) is 3.93. The number of anilines is 2. The van der Waals surface area contributed by atoms with Crippen molar-refractivity contribution in [3.05, 3.63) is 58.1 Å². The third-order valence-corrected chi connectivity index (χ3v) is 4.62. The van der Waals surface area contributed by atoms with Gasteiger partial charge in [-0.3, -0.25) is 4.79 Å². The first-order chi connectivity index (χ1) is 12.6. The molecular formula is C20H22BrF3N2O. The molecule has 0 spiro atoms. The van der Waals surface area contributed by atoms with Crippen molar-refractivity contribution in [2.45, 2.75) is 39.4 Å². The summed E-state index contributed by atoms with van der Waals surface area (Å²) in [5.41, 5.74) is 2.12. The van der Waals surface area contributed by atoms with Gasteiger partial charge in [0.15, 0.2) is 0 Å². The number of aryl methyl sites for hydroxylation is 1. The summed E-state index contributed by atoms with van der Waals surface area (Å²) in [6.07, 6.45) is -4.38. The molecule has 0 heterocycles. The van der Waals surface area contributed by atoms with E-state index in [9.17, 15) is 18.0 Å². The molecule has 0 radical (unpaired) electrons. The maximum Gasteiger partial charge on any atom is 0.408 e. The van der Waals surface area contributed by atoms with E-state index in [2.05, 4.69) is 26.6 Å². The molecule has 2 N–H and O–H groups in total. The van der Waals surface area contributed by atoms with Crippen molar-refractivity contribution in [2.24, 2.45) is 5.92 Å². The average molecular weight is 443 g/mol. The Morgan fingerprint density at radius 2 is 1.78 bits per heavy atom. The van der Waals surface area contributed by atoms with Crippen molar-refractivity contribution >= 4 is 33.2 Å². The van der Waals surface area contributed by atoms with Gasteiger partial charge in [0.25, 0.3) is 5.91 Å². The summed E-state index contributed by atoms with van der Waals surface area (Å²) < 4.78 is 40.4. The Labute approximate surface area is 165 Å². The van der Waals surface area contributed by atoms with E-state index in [4.69, 9.17) is 0 Å². The molecule has 2 aromatic carbocycles. The van der Waals surface area contributed by atoms with Gasteiger partial charge in [-0.2, -0.15) is 13.2 Å². The first-order valence-electron chi connectivity index (χ1n) is 8.57. The lowest BCUT2D eigenvalue weighted by Gasteiger charge is -2.24. The van der Waals surface area contributed by atoms with E-state index in [-0.39, 0.29) is 18.2 Å². The summed E-state index contributed by atoms with van der Waals surface area (Å²) in [6, 6.07) is 10.0. The Morgan fingerprint density at radius 1 is 1.11 bits per heavy atom. The maximum atomic E-state index is 13.2. The zero-order chi connectivity index (χ0) is 20.2. The fourth-order valence-electron chi connectivity index (χ4n) is 2.65. The molecule has 0 aromatic heterocycles. The predicted octanol–water partition coefficient (Wildman–Crippen LogP) is 6.40. The van der Waals surface area contributed by atoms with Crippen LogP contribution in [0.3, 0.4) is 0 Å². The minimum absolute atomic E-state index is 0.0314. The molecule has 1 atom stereocenters. The third kappa shape index (κ3) is 6.27. The van der Waals surface area contributed by atoms with Gasteiger partial charge in [-0.05, 0) is 65.5 Å². The first-order valence-corrected chi connectivity index (χ1v) is 9.36. The van der Waals surface area contributed by atoms with Crippen LogP contribution in [0.5, 0.6) is 0 Å². The summed E-state index contributed by atoms with van der Waals surface area (Å²) >= 11 is 3.34. The zero-order valence-corrected chi connectivity index (χ0v) is 16.9. The number of carbonyl (C=O) groups is 1. The topological polar surface area (TPSA) is 41.1 Å². The molecule has 0 fully saturated rings.